The summed E-state index contributed by atoms with van der Waals surface area (Å²) in [5.41, 5.74) is 1.70. The molecular formula is C29H25Cl2FN4O3S. The molecule has 0 aliphatic carbocycles. The van der Waals surface area contributed by atoms with E-state index >= 15 is 4.39 Å². The van der Waals surface area contributed by atoms with Crippen molar-refractivity contribution in [3.8, 4) is 11.1 Å². The number of pyridine rings is 1. The van der Waals surface area contributed by atoms with Gasteiger partial charge in [-0.2, -0.15) is 5.10 Å². The lowest BCUT2D eigenvalue weighted by Gasteiger charge is -2.38. The molecule has 7 nitrogen and oxygen atoms in total. The lowest BCUT2D eigenvalue weighted by molar-refractivity contribution is 0.0783. The normalized spacial score (nSPS) is 17.8. The zero-order valence-electron chi connectivity index (χ0n) is 21.4. The van der Waals surface area contributed by atoms with Gasteiger partial charge in [0.1, 0.15) is 10.5 Å². The van der Waals surface area contributed by atoms with Crippen LogP contribution in [0.5, 0.6) is 0 Å². The maximum Gasteiger partial charge on any atom is 0.407 e. The van der Waals surface area contributed by atoms with Crippen LogP contribution in [-0.4, -0.2) is 61.4 Å². The molecule has 2 aromatic heterocycles. The number of rotatable bonds is 5. The number of thioether (sulfide) groups is 1. The molecule has 5 aromatic rings. The predicted molar refractivity (Wildman–Crippen MR) is 158 cm³/mol. The molecule has 1 aliphatic rings. The monoisotopic (exact) mass is 598 g/mol. The number of likely N-dealkylation sites (tertiary alicyclic amines) is 1. The summed E-state index contributed by atoms with van der Waals surface area (Å²) in [6.07, 6.45) is 3.95. The Balaban J connectivity index is 1.57. The van der Waals surface area contributed by atoms with Gasteiger partial charge in [-0.15, -0.1) is 11.8 Å². The first kappa shape index (κ1) is 27.1. The highest BCUT2D eigenvalue weighted by Gasteiger charge is 2.34. The van der Waals surface area contributed by atoms with Gasteiger partial charge >= 0.3 is 6.09 Å². The minimum atomic E-state index is -1.00. The smallest absolute Gasteiger partial charge is 0.407 e. The van der Waals surface area contributed by atoms with Crippen molar-refractivity contribution >= 4 is 73.6 Å². The Kier molecular flexibility index (Phi) is 7.25. The van der Waals surface area contributed by atoms with Gasteiger partial charge in [0.2, 0.25) is 0 Å². The van der Waals surface area contributed by atoms with Crippen LogP contribution in [0.3, 0.4) is 0 Å². The summed E-state index contributed by atoms with van der Waals surface area (Å²) in [7, 11) is 0. The quantitative estimate of drug-likeness (QED) is 0.202. The second kappa shape index (κ2) is 10.7. The minimum Gasteiger partial charge on any atom is -0.465 e. The lowest BCUT2D eigenvalue weighted by atomic mass is 9.94. The number of aliphatic hydroxyl groups excluding tert-OH is 1. The first-order chi connectivity index (χ1) is 19.3. The number of piperidine rings is 1. The average molecular weight is 600 g/mol. The Morgan fingerprint density at radius 3 is 2.67 bits per heavy atom. The van der Waals surface area contributed by atoms with E-state index in [1.807, 2.05) is 35.2 Å². The third-order valence-corrected chi connectivity index (χ3v) is 9.06. The molecular weight excluding hydrogens is 574 g/mol. The summed E-state index contributed by atoms with van der Waals surface area (Å²) >= 11 is 14.8. The van der Waals surface area contributed by atoms with Crippen LogP contribution in [-0.2, 0) is 0 Å². The Morgan fingerprint density at radius 1 is 1.18 bits per heavy atom. The Hall–Kier alpha value is -3.11. The fourth-order valence-corrected chi connectivity index (χ4v) is 7.09. The predicted octanol–water partition coefficient (Wildman–Crippen LogP) is 7.64. The molecule has 3 heterocycles. The van der Waals surface area contributed by atoms with Gasteiger partial charge in [-0.25, -0.2) is 14.2 Å². The first-order valence-electron chi connectivity index (χ1n) is 12.8. The summed E-state index contributed by atoms with van der Waals surface area (Å²) in [5, 5.41) is 28.1. The zero-order chi connectivity index (χ0) is 28.1. The number of carboxylic acid groups (broad SMARTS) is 1. The molecule has 40 heavy (non-hydrogen) atoms. The number of carbonyl (C=O) groups is 1. The fraction of sp³-hybridized carbons (Fsp3) is 0.276. The van der Waals surface area contributed by atoms with Gasteiger partial charge in [0.25, 0.3) is 0 Å². The second-order valence-electron chi connectivity index (χ2n) is 9.88. The molecule has 1 aliphatic heterocycles. The SMILES string of the molecule is CSc1nc2c(F)c(-c3cccc4cccc(Cl)c34)c(Cl)cc2c2c1cnn2[C@H]1CCN(C(=O)O)[C@H](CCO)C1. The maximum absolute atomic E-state index is 16.6. The van der Waals surface area contributed by atoms with E-state index in [-0.39, 0.29) is 34.8 Å². The number of aromatic nitrogens is 3. The molecule has 11 heteroatoms. The lowest BCUT2D eigenvalue weighted by Crippen LogP contribution is -2.46. The van der Waals surface area contributed by atoms with Gasteiger partial charge in [-0.3, -0.25) is 4.68 Å². The van der Waals surface area contributed by atoms with Gasteiger partial charge in [0, 0.05) is 40.6 Å². The largest absolute Gasteiger partial charge is 0.465 e. The van der Waals surface area contributed by atoms with Gasteiger partial charge in [0.05, 0.1) is 28.2 Å². The van der Waals surface area contributed by atoms with E-state index in [0.717, 1.165) is 10.8 Å². The molecule has 0 saturated carbocycles. The van der Waals surface area contributed by atoms with Crippen molar-refractivity contribution in [1.82, 2.24) is 19.7 Å². The number of fused-ring (bicyclic) bond motifs is 4. The summed E-state index contributed by atoms with van der Waals surface area (Å²) in [5.74, 6) is -0.543. The van der Waals surface area contributed by atoms with Gasteiger partial charge in [-0.1, -0.05) is 53.5 Å². The molecule has 0 unspecified atom stereocenters. The molecule has 1 saturated heterocycles. The maximum atomic E-state index is 16.6. The summed E-state index contributed by atoms with van der Waals surface area (Å²) < 4.78 is 18.4. The number of halogens is 3. The molecule has 2 atom stereocenters. The Morgan fingerprint density at radius 2 is 1.95 bits per heavy atom. The van der Waals surface area contributed by atoms with Crippen LogP contribution in [0.1, 0.15) is 25.3 Å². The van der Waals surface area contributed by atoms with Crippen LogP contribution >= 0.6 is 35.0 Å². The summed E-state index contributed by atoms with van der Waals surface area (Å²) in [6.45, 7) is 0.192. The third-order valence-electron chi connectivity index (χ3n) is 7.75. The van der Waals surface area contributed by atoms with Crippen LogP contribution in [0.4, 0.5) is 9.18 Å². The number of nitrogens with zero attached hydrogens (tertiary/aromatic N) is 4. The number of amides is 1. The molecule has 3 aromatic carbocycles. The van der Waals surface area contributed by atoms with Crippen molar-refractivity contribution in [2.45, 2.75) is 36.4 Å². The van der Waals surface area contributed by atoms with Gasteiger partial charge in [0.15, 0.2) is 5.82 Å². The molecule has 2 N–H and O–H groups in total. The number of hydrogen-bond acceptors (Lipinski definition) is 5. The molecule has 0 spiro atoms. The van der Waals surface area contributed by atoms with Crippen LogP contribution in [0.25, 0.3) is 43.7 Å². The van der Waals surface area contributed by atoms with E-state index in [1.165, 1.54) is 16.7 Å². The van der Waals surface area contributed by atoms with Gasteiger partial charge < -0.3 is 15.1 Å². The molecule has 1 amide bonds. The summed E-state index contributed by atoms with van der Waals surface area (Å²) in [6, 6.07) is 12.3. The third kappa shape index (κ3) is 4.36. The van der Waals surface area contributed by atoms with Crippen LogP contribution < -0.4 is 0 Å². The standard InChI is InChI=1S/C29H25Cl2FN4O3S/c1-40-28-20-14-33-36(17-8-10-35(29(38)39)16(12-17)9-11-37)27(20)19-13-22(31)24(25(32)26(19)34-28)18-6-2-4-15-5-3-7-21(30)23(15)18/h2-7,13-14,16-17,37H,8-12H2,1H3,(H,38,39)/t16-,17+/m1/s1. The van der Waals surface area contributed by atoms with E-state index in [1.54, 1.807) is 24.4 Å². The minimum absolute atomic E-state index is 0.119. The van der Waals surface area contributed by atoms with E-state index in [0.29, 0.717) is 57.7 Å². The number of aliphatic hydroxyl groups is 1. The van der Waals surface area contributed by atoms with Crippen molar-refractivity contribution < 1.29 is 19.4 Å². The van der Waals surface area contributed by atoms with Crippen molar-refractivity contribution in [1.29, 1.82) is 0 Å². The Labute approximate surface area is 243 Å². The molecule has 1 fully saturated rings. The van der Waals surface area contributed by atoms with Crippen LogP contribution in [0, 0.1) is 5.82 Å². The average Bonchev–Trinajstić information content (AvgIpc) is 3.39. The highest BCUT2D eigenvalue weighted by Crippen LogP contribution is 2.44. The summed E-state index contributed by atoms with van der Waals surface area (Å²) in [4.78, 5) is 17.9. The van der Waals surface area contributed by atoms with Crippen LogP contribution in [0.2, 0.25) is 10.0 Å². The molecule has 0 bridgehead atoms. The topological polar surface area (TPSA) is 91.5 Å². The van der Waals surface area contributed by atoms with E-state index in [9.17, 15) is 15.0 Å². The zero-order valence-corrected chi connectivity index (χ0v) is 23.8. The van der Waals surface area contributed by atoms with Crippen molar-refractivity contribution in [3.63, 3.8) is 0 Å². The second-order valence-corrected chi connectivity index (χ2v) is 11.5. The van der Waals surface area contributed by atoms with Crippen molar-refractivity contribution in [2.24, 2.45) is 0 Å². The molecule has 0 radical (unpaired) electrons. The highest BCUT2D eigenvalue weighted by atomic mass is 35.5. The number of benzene rings is 3. The Bertz CT molecular complexity index is 1790. The number of hydrogen-bond donors (Lipinski definition) is 2. The van der Waals surface area contributed by atoms with E-state index in [2.05, 4.69) is 5.10 Å². The van der Waals surface area contributed by atoms with E-state index < -0.39 is 11.9 Å². The molecule has 6 rings (SSSR count). The van der Waals surface area contributed by atoms with Gasteiger partial charge in [-0.05, 0) is 48.6 Å². The molecule has 206 valence electrons. The fourth-order valence-electron chi connectivity index (χ4n) is 5.96. The highest BCUT2D eigenvalue weighted by molar-refractivity contribution is 7.98. The van der Waals surface area contributed by atoms with Crippen LogP contribution in [0.15, 0.2) is 53.7 Å². The van der Waals surface area contributed by atoms with Crippen molar-refractivity contribution in [3.05, 3.63) is 64.5 Å². The van der Waals surface area contributed by atoms with E-state index in [4.69, 9.17) is 28.2 Å². The first-order valence-corrected chi connectivity index (χ1v) is 14.8. The van der Waals surface area contributed by atoms with Crippen molar-refractivity contribution in [2.75, 3.05) is 19.4 Å².